The number of aliphatic hydroxyl groups excluding tert-OH is 33. The highest BCUT2D eigenvalue weighted by molar-refractivity contribution is 5.85. The summed E-state index contributed by atoms with van der Waals surface area (Å²) in [6.45, 7) is -9.42. The Hall–Kier alpha value is -2.31. The molecule has 0 bridgehead atoms. The fourth-order valence-electron chi connectivity index (χ4n) is 3.82. The van der Waals surface area contributed by atoms with E-state index in [0.29, 0.717) is 0 Å². The van der Waals surface area contributed by atoms with Crippen LogP contribution in [0.4, 0.5) is 0 Å². The van der Waals surface area contributed by atoms with Gasteiger partial charge in [0.25, 0.3) is 0 Å². The summed E-state index contributed by atoms with van der Waals surface area (Å²) in [5, 5.41) is 286. The Balaban J connectivity index is -0.000000181. The molecule has 0 saturated heterocycles. The molecule has 0 rings (SSSR count). The molecule has 0 aromatic carbocycles. The zero-order chi connectivity index (χ0) is 58.3. The minimum Gasteiger partial charge on any atom is -0.394 e. The summed E-state index contributed by atoms with van der Waals surface area (Å²) in [6.07, 6.45) is -34.8. The van der Waals surface area contributed by atoms with Crippen LogP contribution in [0.1, 0.15) is 0 Å². The second kappa shape index (κ2) is 47.2. The van der Waals surface area contributed by atoms with E-state index < -0.39 is 225 Å². The van der Waals surface area contributed by atoms with Crippen LogP contribution >= 0.6 is 0 Å². The van der Waals surface area contributed by atoms with E-state index in [-0.39, 0.29) is 0 Å². The van der Waals surface area contributed by atoms with Gasteiger partial charge in [0, 0.05) is 0 Å². The van der Waals surface area contributed by atoms with Gasteiger partial charge < -0.3 is 169 Å². The molecule has 0 aliphatic rings. The Morgan fingerprint density at radius 3 is 0.375 bits per heavy atom. The third-order valence-corrected chi connectivity index (χ3v) is 8.71. The molecule has 0 amide bonds. The topological polar surface area (TPSA) is 719 Å². The van der Waals surface area contributed by atoms with Crippen LogP contribution in [-0.4, -0.2) is 393 Å². The van der Waals surface area contributed by atoms with E-state index in [1.807, 2.05) is 0 Å². The second-order valence-electron chi connectivity index (χ2n) is 14.4. The van der Waals surface area contributed by atoms with Crippen molar-refractivity contribution in [1.82, 2.24) is 0 Å². The van der Waals surface area contributed by atoms with Gasteiger partial charge in [-0.1, -0.05) is 0 Å². The molecule has 0 aromatic heterocycles. The van der Waals surface area contributed by atoms with Crippen molar-refractivity contribution in [3.8, 4) is 0 Å². The molecule has 21 atom stereocenters. The first-order chi connectivity index (χ1) is 33.2. The summed E-state index contributed by atoms with van der Waals surface area (Å²) in [6, 6.07) is 0. The Labute approximate surface area is 407 Å². The summed E-state index contributed by atoms with van der Waals surface area (Å²) in [4.78, 5) is 31.6. The van der Waals surface area contributed by atoms with Crippen LogP contribution in [0.3, 0.4) is 0 Å². The summed E-state index contributed by atoms with van der Waals surface area (Å²) in [5.74, 6) is -3.01. The van der Waals surface area contributed by atoms with Crippen molar-refractivity contribution in [1.29, 1.82) is 0 Å². The summed E-state index contributed by atoms with van der Waals surface area (Å²) in [7, 11) is 0. The maximum absolute atomic E-state index is 10.5. The lowest BCUT2D eigenvalue weighted by atomic mass is 10.0. The van der Waals surface area contributed by atoms with Crippen LogP contribution in [-0.2, 0) is 14.4 Å². The van der Waals surface area contributed by atoms with E-state index in [2.05, 4.69) is 0 Å². The number of hydrogen-bond donors (Lipinski definition) is 33. The lowest BCUT2D eigenvalue weighted by Gasteiger charge is -2.24. The molecule has 0 aliphatic carbocycles. The van der Waals surface area contributed by atoms with Crippen LogP contribution in [0.15, 0.2) is 0 Å². The summed E-state index contributed by atoms with van der Waals surface area (Å²) in [5.41, 5.74) is 0. The highest BCUT2D eigenvalue weighted by Crippen LogP contribution is 2.07. The van der Waals surface area contributed by atoms with Gasteiger partial charge in [0.15, 0.2) is 17.3 Å². The number of aliphatic hydroxyl groups is 33. The maximum atomic E-state index is 10.5. The van der Waals surface area contributed by atoms with E-state index in [4.69, 9.17) is 169 Å². The van der Waals surface area contributed by atoms with Crippen LogP contribution in [0.2, 0.25) is 0 Å². The first-order valence-corrected chi connectivity index (χ1v) is 20.4. The zero-order valence-electron chi connectivity index (χ0n) is 38.1. The quantitative estimate of drug-likeness (QED) is 0.0318. The van der Waals surface area contributed by atoms with Crippen LogP contribution in [0, 0.1) is 0 Å². The average Bonchev–Trinajstić information content (AvgIpc) is 3.42. The molecule has 36 heteroatoms. The van der Waals surface area contributed by atoms with Crippen molar-refractivity contribution < 1.29 is 183 Å². The van der Waals surface area contributed by atoms with Gasteiger partial charge in [0.1, 0.15) is 148 Å². The normalized spacial score (nSPS) is 20.0. The van der Waals surface area contributed by atoms with E-state index in [1.165, 1.54) is 0 Å². The first kappa shape index (κ1) is 81.1. The number of Topliss-reactive ketones (excluding diaryl/α,β-unsaturated/α-hetero) is 3. The van der Waals surface area contributed by atoms with Gasteiger partial charge in [-0.05, 0) is 0 Å². The number of carbonyl (C=O) groups is 3. The van der Waals surface area contributed by atoms with Crippen LogP contribution in [0.5, 0.6) is 0 Å². The molecule has 0 saturated carbocycles. The Morgan fingerprint density at radius 1 is 0.194 bits per heavy atom. The minimum atomic E-state index is -1.86. The molecule has 0 spiro atoms. The Morgan fingerprint density at radius 2 is 0.292 bits per heavy atom. The van der Waals surface area contributed by atoms with Crippen molar-refractivity contribution in [3.05, 3.63) is 0 Å². The Bertz CT molecular complexity index is 1090. The molecule has 0 fully saturated rings. The van der Waals surface area contributed by atoms with Crippen molar-refractivity contribution in [2.45, 2.75) is 128 Å². The first-order valence-electron chi connectivity index (χ1n) is 20.4. The minimum absolute atomic E-state index is 0.726. The largest absolute Gasteiger partial charge is 0.394 e. The van der Waals surface area contributed by atoms with Crippen molar-refractivity contribution >= 4 is 17.3 Å². The van der Waals surface area contributed by atoms with E-state index in [9.17, 15) is 14.4 Å². The number of carbonyl (C=O) groups excluding carboxylic acids is 3. The lowest BCUT2D eigenvalue weighted by molar-refractivity contribution is -0.143. The number of rotatable bonds is 30. The van der Waals surface area contributed by atoms with Crippen molar-refractivity contribution in [3.63, 3.8) is 0 Å². The SMILES string of the molecule is O=C(CO)C(O)C(O)C(O)CO.O=C(CO)C(O)C(O)C(O)CO.O=C(CO)C(O)C(O)C(O)CO.OCC(O)C(O)C(O)C(O)CO.OCC(O)C(O)C(O)C(O)CO.OCC(O)C(O)C(O)C(O)CO. The molecular formula is C36H78O36. The highest BCUT2D eigenvalue weighted by atomic mass is 16.4. The summed E-state index contributed by atoms with van der Waals surface area (Å²) < 4.78 is 0. The molecule has 438 valence electrons. The van der Waals surface area contributed by atoms with Gasteiger partial charge in [-0.25, -0.2) is 0 Å². The molecule has 21 unspecified atom stereocenters. The van der Waals surface area contributed by atoms with Crippen molar-refractivity contribution in [2.24, 2.45) is 0 Å². The monoisotopic (exact) mass is 1090 g/mol. The van der Waals surface area contributed by atoms with E-state index in [0.717, 1.165) is 0 Å². The van der Waals surface area contributed by atoms with Gasteiger partial charge in [0.05, 0.1) is 59.5 Å². The average molecular weight is 1090 g/mol. The smallest absolute Gasteiger partial charge is 0.189 e. The predicted octanol–water partition coefficient (Wildman–Crippen LogP) is -20.9. The predicted molar refractivity (Wildman–Crippen MR) is 226 cm³/mol. The van der Waals surface area contributed by atoms with Gasteiger partial charge in [0.2, 0.25) is 0 Å². The molecule has 72 heavy (non-hydrogen) atoms. The molecule has 33 N–H and O–H groups in total. The number of ketones is 3. The van der Waals surface area contributed by atoms with E-state index >= 15 is 0 Å². The summed E-state index contributed by atoms with van der Waals surface area (Å²) >= 11 is 0. The third kappa shape index (κ3) is 34.3. The fourth-order valence-corrected chi connectivity index (χ4v) is 3.82. The molecule has 0 radical (unpaired) electrons. The standard InChI is InChI=1S/3C6H14O6.3C6H12O6/c6*7-1-3(9)5(11)6(12)4(10)2-8/h3*3-12H,1-2H2;3*3,5-9,11-12H,1-2H2. The molecule has 0 aromatic rings. The zero-order valence-corrected chi connectivity index (χ0v) is 38.1. The second-order valence-corrected chi connectivity index (χ2v) is 14.4. The Kier molecular flexibility index (Phi) is 53.1. The lowest BCUT2D eigenvalue weighted by Crippen LogP contribution is -2.46. The third-order valence-electron chi connectivity index (χ3n) is 8.71. The molecular weight excluding hydrogens is 1010 g/mol. The van der Waals surface area contributed by atoms with Gasteiger partial charge in [-0.3, -0.25) is 14.4 Å². The van der Waals surface area contributed by atoms with Gasteiger partial charge >= 0.3 is 0 Å². The van der Waals surface area contributed by atoms with Crippen molar-refractivity contribution in [2.75, 3.05) is 79.3 Å². The van der Waals surface area contributed by atoms with Gasteiger partial charge in [-0.2, -0.15) is 0 Å². The highest BCUT2D eigenvalue weighted by Gasteiger charge is 2.33. The van der Waals surface area contributed by atoms with Crippen LogP contribution < -0.4 is 0 Å². The maximum Gasteiger partial charge on any atom is 0.189 e. The molecule has 0 aliphatic heterocycles. The fraction of sp³-hybridized carbons (Fsp3) is 0.917. The van der Waals surface area contributed by atoms with Gasteiger partial charge in [-0.15, -0.1) is 0 Å². The molecule has 36 nitrogen and oxygen atoms in total. The van der Waals surface area contributed by atoms with Crippen LogP contribution in [0.25, 0.3) is 0 Å². The molecule has 0 heterocycles. The number of hydrogen-bond acceptors (Lipinski definition) is 36. The van der Waals surface area contributed by atoms with E-state index in [1.54, 1.807) is 0 Å².